The van der Waals surface area contributed by atoms with Gasteiger partial charge in [-0.05, 0) is 18.4 Å². The summed E-state index contributed by atoms with van der Waals surface area (Å²) in [5.41, 5.74) is 0.869. The molecule has 2 rings (SSSR count). The van der Waals surface area contributed by atoms with Gasteiger partial charge in [-0.3, -0.25) is 4.90 Å². The van der Waals surface area contributed by atoms with E-state index in [9.17, 15) is 14.7 Å². The Hall–Kier alpha value is -2.08. The summed E-state index contributed by atoms with van der Waals surface area (Å²) < 4.78 is 10.4. The highest BCUT2D eigenvalue weighted by molar-refractivity contribution is 5.81. The molecule has 1 saturated carbocycles. The largest absolute Gasteiger partial charge is 0.480 e. The van der Waals surface area contributed by atoms with Gasteiger partial charge in [-0.2, -0.15) is 0 Å². The molecule has 1 aromatic rings. The number of amides is 1. The van der Waals surface area contributed by atoms with Crippen molar-refractivity contribution in [1.82, 2.24) is 4.90 Å². The zero-order chi connectivity index (χ0) is 16.8. The summed E-state index contributed by atoms with van der Waals surface area (Å²) in [6, 6.07) is 8.33. The van der Waals surface area contributed by atoms with Crippen molar-refractivity contribution in [2.24, 2.45) is 5.92 Å². The average Bonchev–Trinajstić information content (AvgIpc) is 3.35. The van der Waals surface area contributed by atoms with E-state index in [1.165, 1.54) is 12.0 Å². The van der Waals surface area contributed by atoms with Crippen LogP contribution in [0.4, 0.5) is 4.79 Å². The number of methoxy groups -OCH3 is 1. The molecule has 6 heteroatoms. The van der Waals surface area contributed by atoms with Crippen molar-refractivity contribution in [3.05, 3.63) is 35.9 Å². The van der Waals surface area contributed by atoms with E-state index >= 15 is 0 Å². The highest BCUT2D eigenvalue weighted by Crippen LogP contribution is 2.32. The van der Waals surface area contributed by atoms with Crippen molar-refractivity contribution >= 4 is 12.1 Å². The van der Waals surface area contributed by atoms with E-state index in [1.54, 1.807) is 6.92 Å². The van der Waals surface area contributed by atoms with Gasteiger partial charge in [0.15, 0.2) is 0 Å². The Bertz CT molecular complexity index is 529. The van der Waals surface area contributed by atoms with Crippen LogP contribution in [0.25, 0.3) is 0 Å². The quantitative estimate of drug-likeness (QED) is 0.796. The second-order valence-electron chi connectivity index (χ2n) is 5.89. The van der Waals surface area contributed by atoms with E-state index < -0.39 is 18.1 Å². The molecular formula is C17H23NO5. The summed E-state index contributed by atoms with van der Waals surface area (Å²) in [6.07, 6.45) is 1.04. The lowest BCUT2D eigenvalue weighted by molar-refractivity contribution is -0.145. The summed E-state index contributed by atoms with van der Waals surface area (Å²) in [6.45, 7) is 2.17. The molecule has 1 aliphatic carbocycles. The number of carbonyl (C=O) groups excluding carboxylic acids is 1. The molecule has 1 N–H and O–H groups in total. The van der Waals surface area contributed by atoms with E-state index in [2.05, 4.69) is 0 Å². The molecule has 2 atom stereocenters. The first-order valence-electron chi connectivity index (χ1n) is 7.75. The van der Waals surface area contributed by atoms with E-state index in [-0.39, 0.29) is 25.2 Å². The van der Waals surface area contributed by atoms with Crippen LogP contribution in [0.2, 0.25) is 0 Å². The third-order valence-electron chi connectivity index (χ3n) is 3.88. The first-order valence-corrected chi connectivity index (χ1v) is 7.75. The molecule has 0 radical (unpaired) electrons. The topological polar surface area (TPSA) is 76.1 Å². The van der Waals surface area contributed by atoms with E-state index in [0.717, 1.165) is 18.4 Å². The Morgan fingerprint density at radius 2 is 1.96 bits per heavy atom. The lowest BCUT2D eigenvalue weighted by Gasteiger charge is -2.32. The lowest BCUT2D eigenvalue weighted by atomic mass is 10.0. The Morgan fingerprint density at radius 1 is 1.30 bits per heavy atom. The zero-order valence-electron chi connectivity index (χ0n) is 13.5. The van der Waals surface area contributed by atoms with Gasteiger partial charge in [0.25, 0.3) is 0 Å². The fourth-order valence-corrected chi connectivity index (χ4v) is 2.63. The van der Waals surface area contributed by atoms with Gasteiger partial charge in [0, 0.05) is 19.1 Å². The van der Waals surface area contributed by atoms with Crippen LogP contribution in [-0.4, -0.2) is 47.9 Å². The number of carboxylic acids is 1. The minimum Gasteiger partial charge on any atom is -0.480 e. The normalized spacial score (nSPS) is 16.4. The molecular weight excluding hydrogens is 298 g/mol. The monoisotopic (exact) mass is 321 g/mol. The molecule has 0 spiro atoms. The molecule has 0 bridgehead atoms. The Kier molecular flexibility index (Phi) is 5.98. The van der Waals surface area contributed by atoms with Gasteiger partial charge in [-0.15, -0.1) is 0 Å². The van der Waals surface area contributed by atoms with Crippen molar-refractivity contribution in [2.75, 3.05) is 13.7 Å². The minimum atomic E-state index is -1.03. The van der Waals surface area contributed by atoms with E-state index in [0.29, 0.717) is 0 Å². The summed E-state index contributed by atoms with van der Waals surface area (Å²) in [4.78, 5) is 25.5. The van der Waals surface area contributed by atoms with Crippen LogP contribution in [0.5, 0.6) is 0 Å². The van der Waals surface area contributed by atoms with Crippen molar-refractivity contribution in [1.29, 1.82) is 0 Å². The van der Waals surface area contributed by atoms with E-state index in [1.807, 2.05) is 30.3 Å². The van der Waals surface area contributed by atoms with Crippen LogP contribution >= 0.6 is 0 Å². The maximum atomic E-state index is 12.5. The van der Waals surface area contributed by atoms with Crippen LogP contribution in [-0.2, 0) is 20.9 Å². The number of ether oxygens (including phenoxy) is 2. The Labute approximate surface area is 136 Å². The second kappa shape index (κ2) is 7.97. The third kappa shape index (κ3) is 4.69. The smallest absolute Gasteiger partial charge is 0.411 e. The predicted molar refractivity (Wildman–Crippen MR) is 84.0 cm³/mol. The zero-order valence-corrected chi connectivity index (χ0v) is 13.5. The molecule has 1 aromatic carbocycles. The highest BCUT2D eigenvalue weighted by Gasteiger charge is 2.44. The minimum absolute atomic E-state index is 0.0568. The molecule has 126 valence electrons. The van der Waals surface area contributed by atoms with Crippen LogP contribution in [0.1, 0.15) is 25.3 Å². The van der Waals surface area contributed by atoms with Crippen molar-refractivity contribution < 1.29 is 24.2 Å². The summed E-state index contributed by atoms with van der Waals surface area (Å²) in [7, 11) is 1.52. The number of carboxylic acid groups (broad SMARTS) is 1. The molecule has 0 heterocycles. The lowest BCUT2D eigenvalue weighted by Crippen LogP contribution is -2.51. The Balaban J connectivity index is 2.06. The number of aliphatic carboxylic acids is 1. The predicted octanol–water partition coefficient (Wildman–Crippen LogP) is 2.52. The third-order valence-corrected chi connectivity index (χ3v) is 3.88. The molecule has 0 aliphatic heterocycles. The number of nitrogens with zero attached hydrogens (tertiary/aromatic N) is 1. The molecule has 23 heavy (non-hydrogen) atoms. The average molecular weight is 321 g/mol. The number of benzene rings is 1. The maximum Gasteiger partial charge on any atom is 0.411 e. The number of hydrogen-bond acceptors (Lipinski definition) is 4. The van der Waals surface area contributed by atoms with Gasteiger partial charge in [0.05, 0.1) is 6.61 Å². The van der Waals surface area contributed by atoms with Crippen molar-refractivity contribution in [2.45, 2.75) is 38.5 Å². The van der Waals surface area contributed by atoms with Gasteiger partial charge in [0.1, 0.15) is 12.6 Å². The maximum absolute atomic E-state index is 12.5. The molecule has 1 aliphatic rings. The highest BCUT2D eigenvalue weighted by atomic mass is 16.6. The molecule has 0 aromatic heterocycles. The summed E-state index contributed by atoms with van der Waals surface area (Å²) in [5, 5.41) is 9.55. The van der Waals surface area contributed by atoms with Gasteiger partial charge < -0.3 is 14.6 Å². The van der Waals surface area contributed by atoms with Gasteiger partial charge in [0.2, 0.25) is 0 Å². The number of rotatable bonds is 8. The second-order valence-corrected chi connectivity index (χ2v) is 5.89. The molecule has 1 fully saturated rings. The van der Waals surface area contributed by atoms with Crippen LogP contribution in [0.15, 0.2) is 30.3 Å². The number of carbonyl (C=O) groups is 2. The number of hydrogen-bond donors (Lipinski definition) is 1. The first-order chi connectivity index (χ1) is 11.0. The summed E-state index contributed by atoms with van der Waals surface area (Å²) in [5.74, 6) is -1.35. The standard InChI is InChI=1S/C17H23NO5/c1-12(10-22-2)15(16(19)20)18(14-8-9-14)17(21)23-11-13-6-4-3-5-7-13/h3-7,12,14-15H,8-11H2,1-2H3,(H,19,20). The molecule has 6 nitrogen and oxygen atoms in total. The fourth-order valence-electron chi connectivity index (χ4n) is 2.63. The van der Waals surface area contributed by atoms with E-state index in [4.69, 9.17) is 9.47 Å². The van der Waals surface area contributed by atoms with Gasteiger partial charge in [-0.1, -0.05) is 37.3 Å². The van der Waals surface area contributed by atoms with Crippen molar-refractivity contribution in [3.63, 3.8) is 0 Å². The van der Waals surface area contributed by atoms with Crippen molar-refractivity contribution in [3.8, 4) is 0 Å². The summed E-state index contributed by atoms with van der Waals surface area (Å²) >= 11 is 0. The van der Waals surface area contributed by atoms with Crippen LogP contribution < -0.4 is 0 Å². The molecule has 1 amide bonds. The van der Waals surface area contributed by atoms with Crippen LogP contribution in [0, 0.1) is 5.92 Å². The van der Waals surface area contributed by atoms with Gasteiger partial charge >= 0.3 is 12.1 Å². The van der Waals surface area contributed by atoms with Gasteiger partial charge in [-0.25, -0.2) is 9.59 Å². The SMILES string of the molecule is COCC(C)C(C(=O)O)N(C(=O)OCc1ccccc1)C1CC1. The first kappa shape index (κ1) is 17.3. The molecule has 0 saturated heterocycles. The fraction of sp³-hybridized carbons (Fsp3) is 0.529. The molecule has 2 unspecified atom stereocenters. The Morgan fingerprint density at radius 3 is 2.48 bits per heavy atom. The van der Waals surface area contributed by atoms with Crippen LogP contribution in [0.3, 0.4) is 0 Å².